The maximum Gasteiger partial charge on any atom is 0.149 e. The van der Waals surface area contributed by atoms with Crippen LogP contribution in [0.4, 0.5) is 5.69 Å². The number of rotatable bonds is 3. The zero-order chi connectivity index (χ0) is 15.9. The van der Waals surface area contributed by atoms with Crippen molar-refractivity contribution in [2.75, 3.05) is 26.0 Å². The Morgan fingerprint density at radius 3 is 3.00 bits per heavy atom. The summed E-state index contributed by atoms with van der Waals surface area (Å²) in [4.78, 5) is 0. The molecule has 2 atom stereocenters. The highest BCUT2D eigenvalue weighted by Crippen LogP contribution is 2.44. The number of methoxy groups -OCH3 is 1. The first-order valence-electron chi connectivity index (χ1n) is 8.53. The Morgan fingerprint density at radius 1 is 1.35 bits per heavy atom. The molecule has 0 aromatic heterocycles. The minimum Gasteiger partial charge on any atom is -0.494 e. The Bertz CT molecular complexity index is 617. The summed E-state index contributed by atoms with van der Waals surface area (Å²) in [6, 6.07) is 6.35. The lowest BCUT2D eigenvalue weighted by molar-refractivity contribution is -0.0455. The van der Waals surface area contributed by atoms with Crippen molar-refractivity contribution in [2.24, 2.45) is 0 Å². The maximum atomic E-state index is 6.18. The van der Waals surface area contributed by atoms with Gasteiger partial charge in [-0.05, 0) is 43.7 Å². The molecule has 124 valence electrons. The molecular weight excluding hydrogens is 290 g/mol. The van der Waals surface area contributed by atoms with Gasteiger partial charge in [0.15, 0.2) is 0 Å². The summed E-state index contributed by atoms with van der Waals surface area (Å²) in [6.45, 7) is 1.70. The quantitative estimate of drug-likeness (QED) is 0.840. The number of hydrazine groups is 1. The minimum atomic E-state index is 0.0543. The number of anilines is 1. The number of nitrogens with two attached hydrogens (primary N) is 1. The highest BCUT2D eigenvalue weighted by Gasteiger charge is 2.49. The van der Waals surface area contributed by atoms with E-state index in [0.29, 0.717) is 11.7 Å². The third kappa shape index (κ3) is 2.39. The lowest BCUT2D eigenvalue weighted by atomic mass is 9.93. The molecule has 5 heteroatoms. The number of hydrogen-bond acceptors (Lipinski definition) is 5. The third-order valence-electron chi connectivity index (χ3n) is 5.50. The molecule has 23 heavy (non-hydrogen) atoms. The fraction of sp³-hybridized carbons (Fsp3) is 0.556. The number of nitrogens with zero attached hydrogens (tertiary/aromatic N) is 1. The lowest BCUT2D eigenvalue weighted by Crippen LogP contribution is -2.50. The predicted molar refractivity (Wildman–Crippen MR) is 90.8 cm³/mol. The van der Waals surface area contributed by atoms with Crippen molar-refractivity contribution >= 4 is 11.3 Å². The van der Waals surface area contributed by atoms with Gasteiger partial charge >= 0.3 is 0 Å². The van der Waals surface area contributed by atoms with Crippen LogP contribution in [0.25, 0.3) is 5.57 Å². The van der Waals surface area contributed by atoms with Crippen molar-refractivity contribution in [3.8, 4) is 5.75 Å². The Kier molecular flexibility index (Phi) is 3.70. The van der Waals surface area contributed by atoms with Crippen LogP contribution in [-0.2, 0) is 4.74 Å². The van der Waals surface area contributed by atoms with Gasteiger partial charge in [-0.3, -0.25) is 0 Å². The van der Waals surface area contributed by atoms with E-state index >= 15 is 0 Å². The number of nitrogens with one attached hydrogen (secondary N) is 1. The van der Waals surface area contributed by atoms with E-state index in [1.54, 1.807) is 7.11 Å². The summed E-state index contributed by atoms with van der Waals surface area (Å²) < 4.78 is 11.7. The molecule has 1 saturated heterocycles. The van der Waals surface area contributed by atoms with Crippen LogP contribution in [0.15, 0.2) is 24.4 Å². The molecular formula is C18H25N3O2. The molecule has 0 amide bonds. The summed E-state index contributed by atoms with van der Waals surface area (Å²) >= 11 is 0. The predicted octanol–water partition coefficient (Wildman–Crippen LogP) is 2.54. The average Bonchev–Trinajstić information content (AvgIpc) is 3.29. The molecule has 1 unspecified atom stereocenters. The van der Waals surface area contributed by atoms with Gasteiger partial charge in [0.1, 0.15) is 5.75 Å². The van der Waals surface area contributed by atoms with Crippen molar-refractivity contribution in [1.82, 2.24) is 10.4 Å². The number of nitrogen functional groups attached to an aromatic ring is 1. The molecule has 0 bridgehead atoms. The highest BCUT2D eigenvalue weighted by molar-refractivity contribution is 5.77. The molecule has 3 aliphatic rings. The first kappa shape index (κ1) is 14.8. The van der Waals surface area contributed by atoms with Gasteiger partial charge in [-0.2, -0.15) is 0 Å². The molecule has 4 rings (SSSR count). The summed E-state index contributed by atoms with van der Waals surface area (Å²) in [5.74, 6) is 0.764. The van der Waals surface area contributed by atoms with Gasteiger partial charge in [0, 0.05) is 24.9 Å². The standard InChI is InChI=1S/C18H25N3O2/c1-22-17-14(5-2-6-15(17)19)13-11-20-21(12-13)16-7-3-8-18(16)9-4-10-23-18/h2,5-6,12,16,20H,3-4,7-11,19H2,1H3/t16?,18-/m0/s1. The van der Waals surface area contributed by atoms with Crippen molar-refractivity contribution < 1.29 is 9.47 Å². The fourth-order valence-electron chi connectivity index (χ4n) is 4.43. The average molecular weight is 315 g/mol. The van der Waals surface area contributed by atoms with Crippen LogP contribution in [0.2, 0.25) is 0 Å². The topological polar surface area (TPSA) is 59.8 Å². The second-order valence-corrected chi connectivity index (χ2v) is 6.75. The van der Waals surface area contributed by atoms with Crippen LogP contribution in [-0.4, -0.2) is 36.9 Å². The maximum absolute atomic E-state index is 6.18. The van der Waals surface area contributed by atoms with E-state index in [9.17, 15) is 0 Å². The van der Waals surface area contributed by atoms with Gasteiger partial charge < -0.3 is 20.2 Å². The number of ether oxygens (including phenoxy) is 2. The monoisotopic (exact) mass is 315 g/mol. The summed E-state index contributed by atoms with van der Waals surface area (Å²) in [5.41, 5.74) is 12.6. The Morgan fingerprint density at radius 2 is 2.22 bits per heavy atom. The largest absolute Gasteiger partial charge is 0.494 e. The van der Waals surface area contributed by atoms with E-state index in [-0.39, 0.29) is 5.60 Å². The fourth-order valence-corrected chi connectivity index (χ4v) is 4.43. The van der Waals surface area contributed by atoms with Crippen LogP contribution in [0.3, 0.4) is 0 Å². The lowest BCUT2D eigenvalue weighted by Gasteiger charge is -2.36. The SMILES string of the molecule is COc1c(N)cccc1C1=CN(C2CCC[C@]23CCCO3)NC1. The molecule has 2 aliphatic heterocycles. The summed E-state index contributed by atoms with van der Waals surface area (Å²) in [5, 5.41) is 2.27. The van der Waals surface area contributed by atoms with Gasteiger partial charge in [-0.25, -0.2) is 5.43 Å². The molecule has 2 fully saturated rings. The second kappa shape index (κ2) is 5.73. The molecule has 2 heterocycles. The summed E-state index contributed by atoms with van der Waals surface area (Å²) in [7, 11) is 1.67. The molecule has 1 aliphatic carbocycles. The molecule has 1 aromatic carbocycles. The molecule has 1 saturated carbocycles. The smallest absolute Gasteiger partial charge is 0.149 e. The van der Waals surface area contributed by atoms with E-state index in [4.69, 9.17) is 15.2 Å². The molecule has 5 nitrogen and oxygen atoms in total. The van der Waals surface area contributed by atoms with Crippen LogP contribution < -0.4 is 15.9 Å². The van der Waals surface area contributed by atoms with Crippen LogP contribution >= 0.6 is 0 Å². The van der Waals surface area contributed by atoms with E-state index in [1.165, 1.54) is 37.7 Å². The molecule has 0 radical (unpaired) electrons. The molecule has 1 spiro atoms. The van der Waals surface area contributed by atoms with Gasteiger partial charge in [0.2, 0.25) is 0 Å². The Balaban J connectivity index is 1.61. The number of hydrogen-bond donors (Lipinski definition) is 2. The van der Waals surface area contributed by atoms with E-state index in [1.807, 2.05) is 12.1 Å². The van der Waals surface area contributed by atoms with Gasteiger partial charge in [0.25, 0.3) is 0 Å². The Labute approximate surface area is 137 Å². The van der Waals surface area contributed by atoms with E-state index < -0.39 is 0 Å². The number of para-hydroxylation sites is 1. The summed E-state index contributed by atoms with van der Waals surface area (Å²) in [6.07, 6.45) is 8.19. The third-order valence-corrected chi connectivity index (χ3v) is 5.50. The van der Waals surface area contributed by atoms with Crippen molar-refractivity contribution in [3.05, 3.63) is 30.0 Å². The zero-order valence-electron chi connectivity index (χ0n) is 13.7. The van der Waals surface area contributed by atoms with Gasteiger partial charge in [-0.15, -0.1) is 0 Å². The Hall–Kier alpha value is -1.72. The van der Waals surface area contributed by atoms with Crippen molar-refractivity contribution in [2.45, 2.75) is 43.7 Å². The van der Waals surface area contributed by atoms with Crippen LogP contribution in [0.5, 0.6) is 5.75 Å². The van der Waals surface area contributed by atoms with Crippen LogP contribution in [0.1, 0.15) is 37.7 Å². The van der Waals surface area contributed by atoms with Crippen LogP contribution in [0, 0.1) is 0 Å². The zero-order valence-corrected chi connectivity index (χ0v) is 13.7. The second-order valence-electron chi connectivity index (χ2n) is 6.75. The van der Waals surface area contributed by atoms with Gasteiger partial charge in [-0.1, -0.05) is 12.1 Å². The van der Waals surface area contributed by atoms with E-state index in [2.05, 4.69) is 22.7 Å². The van der Waals surface area contributed by atoms with Gasteiger partial charge in [0.05, 0.1) is 24.4 Å². The van der Waals surface area contributed by atoms with Crippen molar-refractivity contribution in [1.29, 1.82) is 0 Å². The van der Waals surface area contributed by atoms with Crippen molar-refractivity contribution in [3.63, 3.8) is 0 Å². The highest BCUT2D eigenvalue weighted by atomic mass is 16.5. The number of benzene rings is 1. The first-order valence-corrected chi connectivity index (χ1v) is 8.53. The minimum absolute atomic E-state index is 0.0543. The first-order chi connectivity index (χ1) is 11.2. The normalized spacial score (nSPS) is 30.2. The molecule has 1 aromatic rings. The molecule has 3 N–H and O–H groups in total. The van der Waals surface area contributed by atoms with E-state index in [0.717, 1.165) is 24.5 Å².